The fraction of sp³-hybridized carbons (Fsp3) is 0.600. The van der Waals surface area contributed by atoms with Gasteiger partial charge in [-0.05, 0) is 25.8 Å². The van der Waals surface area contributed by atoms with Gasteiger partial charge in [0.1, 0.15) is 0 Å². The van der Waals surface area contributed by atoms with Crippen molar-refractivity contribution in [2.45, 2.75) is 51.5 Å². The highest BCUT2D eigenvalue weighted by molar-refractivity contribution is 5.13. The standard InChI is InChI=1S/C12H16O3.C3H8O2/c13-12-7-6-11(15-12)9-14-8-10-4-2-1-3-5-10;1-3(2,4)5/h1-5,11-13H,6-9H2;4-5H,1-2H3. The van der Waals surface area contributed by atoms with Crippen molar-refractivity contribution < 1.29 is 24.8 Å². The molecule has 1 aliphatic rings. The molecule has 0 radical (unpaired) electrons. The Morgan fingerprint density at radius 3 is 2.30 bits per heavy atom. The van der Waals surface area contributed by atoms with E-state index >= 15 is 0 Å². The second-order valence-corrected chi connectivity index (χ2v) is 5.29. The van der Waals surface area contributed by atoms with Crippen molar-refractivity contribution in [3.8, 4) is 0 Å². The molecule has 0 bridgehead atoms. The molecule has 1 fully saturated rings. The first-order chi connectivity index (χ1) is 9.34. The van der Waals surface area contributed by atoms with Gasteiger partial charge in [0.05, 0.1) is 19.3 Å². The van der Waals surface area contributed by atoms with E-state index in [2.05, 4.69) is 0 Å². The van der Waals surface area contributed by atoms with E-state index in [1.807, 2.05) is 30.3 Å². The summed E-state index contributed by atoms with van der Waals surface area (Å²) in [4.78, 5) is 0. The van der Waals surface area contributed by atoms with Crippen LogP contribution in [0.5, 0.6) is 0 Å². The average molecular weight is 284 g/mol. The zero-order valence-corrected chi connectivity index (χ0v) is 12.0. The Balaban J connectivity index is 0.000000347. The number of hydrogen-bond donors (Lipinski definition) is 3. The molecule has 1 aromatic carbocycles. The van der Waals surface area contributed by atoms with E-state index in [0.29, 0.717) is 13.2 Å². The van der Waals surface area contributed by atoms with Gasteiger partial charge in [0.2, 0.25) is 0 Å². The van der Waals surface area contributed by atoms with E-state index < -0.39 is 12.1 Å². The minimum Gasteiger partial charge on any atom is -0.374 e. The number of ether oxygens (including phenoxy) is 2. The molecule has 5 heteroatoms. The van der Waals surface area contributed by atoms with Crippen molar-refractivity contribution in [1.29, 1.82) is 0 Å². The molecule has 1 aromatic rings. The molecule has 2 atom stereocenters. The summed E-state index contributed by atoms with van der Waals surface area (Å²) in [7, 11) is 0. The zero-order chi connectivity index (χ0) is 15.0. The van der Waals surface area contributed by atoms with E-state index in [1.165, 1.54) is 13.8 Å². The first kappa shape index (κ1) is 17.1. The van der Waals surface area contributed by atoms with Gasteiger partial charge >= 0.3 is 0 Å². The molecule has 5 nitrogen and oxygen atoms in total. The fourth-order valence-corrected chi connectivity index (χ4v) is 1.69. The van der Waals surface area contributed by atoms with Crippen molar-refractivity contribution in [3.63, 3.8) is 0 Å². The van der Waals surface area contributed by atoms with E-state index in [4.69, 9.17) is 24.8 Å². The predicted octanol–water partition coefficient (Wildman–Crippen LogP) is 1.41. The lowest BCUT2D eigenvalue weighted by atomic mass is 10.2. The molecule has 0 aliphatic carbocycles. The molecular weight excluding hydrogens is 260 g/mol. The molecule has 0 saturated carbocycles. The fourth-order valence-electron chi connectivity index (χ4n) is 1.69. The first-order valence-corrected chi connectivity index (χ1v) is 6.74. The molecular formula is C15H24O5. The van der Waals surface area contributed by atoms with Gasteiger partial charge in [-0.25, -0.2) is 0 Å². The molecule has 114 valence electrons. The smallest absolute Gasteiger partial charge is 0.156 e. The van der Waals surface area contributed by atoms with Gasteiger partial charge in [-0.3, -0.25) is 0 Å². The van der Waals surface area contributed by atoms with Gasteiger partial charge in [0.15, 0.2) is 12.1 Å². The third-order valence-corrected chi connectivity index (χ3v) is 2.50. The summed E-state index contributed by atoms with van der Waals surface area (Å²) in [6, 6.07) is 10.0. The lowest BCUT2D eigenvalue weighted by Gasteiger charge is -2.10. The van der Waals surface area contributed by atoms with Crippen molar-refractivity contribution >= 4 is 0 Å². The first-order valence-electron chi connectivity index (χ1n) is 6.74. The van der Waals surface area contributed by atoms with Crippen LogP contribution in [0.3, 0.4) is 0 Å². The molecule has 0 aromatic heterocycles. The minimum absolute atomic E-state index is 0.0590. The normalized spacial score (nSPS) is 22.2. The van der Waals surface area contributed by atoms with E-state index in [9.17, 15) is 0 Å². The molecule has 0 amide bonds. The number of hydrogen-bond acceptors (Lipinski definition) is 5. The van der Waals surface area contributed by atoms with Crippen LogP contribution in [0.25, 0.3) is 0 Å². The Bertz CT molecular complexity index is 354. The van der Waals surface area contributed by atoms with Crippen LogP contribution in [0.4, 0.5) is 0 Å². The molecule has 1 aliphatic heterocycles. The van der Waals surface area contributed by atoms with Crippen LogP contribution in [0.15, 0.2) is 30.3 Å². The minimum atomic E-state index is -1.50. The zero-order valence-electron chi connectivity index (χ0n) is 12.0. The number of benzene rings is 1. The summed E-state index contributed by atoms with van der Waals surface area (Å²) in [6.07, 6.45) is 1.08. The summed E-state index contributed by atoms with van der Waals surface area (Å²) in [6.45, 7) is 3.77. The van der Waals surface area contributed by atoms with E-state index in [1.54, 1.807) is 0 Å². The third-order valence-electron chi connectivity index (χ3n) is 2.50. The van der Waals surface area contributed by atoms with Gasteiger partial charge in [-0.1, -0.05) is 30.3 Å². The molecule has 2 unspecified atom stereocenters. The lowest BCUT2D eigenvalue weighted by molar-refractivity contribution is -0.127. The Morgan fingerprint density at radius 1 is 1.20 bits per heavy atom. The third kappa shape index (κ3) is 9.01. The molecule has 3 N–H and O–H groups in total. The van der Waals surface area contributed by atoms with Crippen molar-refractivity contribution in [2.24, 2.45) is 0 Å². The van der Waals surface area contributed by atoms with Crippen molar-refractivity contribution in [3.05, 3.63) is 35.9 Å². The van der Waals surface area contributed by atoms with Crippen molar-refractivity contribution in [1.82, 2.24) is 0 Å². The summed E-state index contributed by atoms with van der Waals surface area (Å²) >= 11 is 0. The Labute approximate surface area is 119 Å². The summed E-state index contributed by atoms with van der Waals surface area (Å²) in [5.74, 6) is -1.50. The molecule has 2 rings (SSSR count). The van der Waals surface area contributed by atoms with Gasteiger partial charge in [0.25, 0.3) is 0 Å². The van der Waals surface area contributed by atoms with Gasteiger partial charge in [0, 0.05) is 6.42 Å². The van der Waals surface area contributed by atoms with Gasteiger partial charge in [-0.2, -0.15) is 0 Å². The summed E-state index contributed by atoms with van der Waals surface area (Å²) in [5.41, 5.74) is 1.16. The maximum atomic E-state index is 9.14. The topological polar surface area (TPSA) is 79.2 Å². The second kappa shape index (κ2) is 8.34. The van der Waals surface area contributed by atoms with Crippen LogP contribution < -0.4 is 0 Å². The van der Waals surface area contributed by atoms with Crippen LogP contribution in [-0.2, 0) is 16.1 Å². The summed E-state index contributed by atoms with van der Waals surface area (Å²) < 4.78 is 10.7. The average Bonchev–Trinajstić information content (AvgIpc) is 2.74. The molecule has 1 heterocycles. The number of aliphatic hydroxyl groups is 3. The maximum absolute atomic E-state index is 9.14. The lowest BCUT2D eigenvalue weighted by Crippen LogP contribution is -2.16. The highest BCUT2D eigenvalue weighted by Crippen LogP contribution is 2.17. The Kier molecular flexibility index (Phi) is 7.12. The van der Waals surface area contributed by atoms with E-state index in [-0.39, 0.29) is 6.10 Å². The van der Waals surface area contributed by atoms with E-state index in [0.717, 1.165) is 18.4 Å². The SMILES string of the molecule is CC(C)(O)O.OC1CCC(COCc2ccccc2)O1. The van der Waals surface area contributed by atoms with Crippen LogP contribution in [0.1, 0.15) is 32.3 Å². The Hall–Kier alpha value is -0.980. The van der Waals surface area contributed by atoms with Gasteiger partial charge in [-0.15, -0.1) is 0 Å². The molecule has 20 heavy (non-hydrogen) atoms. The Morgan fingerprint density at radius 2 is 1.80 bits per heavy atom. The molecule has 0 spiro atoms. The van der Waals surface area contributed by atoms with Gasteiger partial charge < -0.3 is 24.8 Å². The highest BCUT2D eigenvalue weighted by Gasteiger charge is 2.22. The van der Waals surface area contributed by atoms with Crippen molar-refractivity contribution in [2.75, 3.05) is 6.61 Å². The second-order valence-electron chi connectivity index (χ2n) is 5.29. The largest absolute Gasteiger partial charge is 0.374 e. The van der Waals surface area contributed by atoms with Crippen LogP contribution in [-0.4, -0.2) is 40.1 Å². The monoisotopic (exact) mass is 284 g/mol. The number of rotatable bonds is 4. The summed E-state index contributed by atoms with van der Waals surface area (Å²) in [5, 5.41) is 25.3. The van der Waals surface area contributed by atoms with Crippen LogP contribution in [0.2, 0.25) is 0 Å². The quantitative estimate of drug-likeness (QED) is 0.729. The van der Waals surface area contributed by atoms with Crippen LogP contribution >= 0.6 is 0 Å². The maximum Gasteiger partial charge on any atom is 0.156 e. The number of aliphatic hydroxyl groups excluding tert-OH is 1. The highest BCUT2D eigenvalue weighted by atomic mass is 16.6. The predicted molar refractivity (Wildman–Crippen MR) is 74.7 cm³/mol. The molecule has 1 saturated heterocycles. The van der Waals surface area contributed by atoms with Crippen LogP contribution in [0, 0.1) is 0 Å².